The summed E-state index contributed by atoms with van der Waals surface area (Å²) in [5, 5.41) is 13.3. The van der Waals surface area contributed by atoms with Crippen LogP contribution in [0.25, 0.3) is 0 Å². The molecule has 1 fully saturated rings. The fourth-order valence-electron chi connectivity index (χ4n) is 1.35. The average Bonchev–Trinajstić information content (AvgIpc) is 3.01. The Morgan fingerprint density at radius 1 is 1.50 bits per heavy atom. The monoisotopic (exact) mass is 221 g/mol. The minimum Gasteiger partial charge on any atom is -0.398 e. The third-order valence-corrected chi connectivity index (χ3v) is 2.40. The van der Waals surface area contributed by atoms with E-state index in [0.717, 1.165) is 12.8 Å². The first-order valence-corrected chi connectivity index (χ1v) is 4.92. The predicted octanol–water partition coefficient (Wildman–Crippen LogP) is 1.07. The lowest BCUT2D eigenvalue weighted by Gasteiger charge is -2.05. The maximum absolute atomic E-state index is 11.7. The van der Waals surface area contributed by atoms with E-state index in [0.29, 0.717) is 0 Å². The molecule has 6 nitrogen and oxygen atoms in total. The third-order valence-electron chi connectivity index (χ3n) is 2.40. The number of non-ortho nitro benzene ring substituents is 1. The van der Waals surface area contributed by atoms with E-state index >= 15 is 0 Å². The Kier molecular flexibility index (Phi) is 2.47. The van der Waals surface area contributed by atoms with E-state index in [1.54, 1.807) is 0 Å². The zero-order chi connectivity index (χ0) is 11.7. The molecule has 0 spiro atoms. The minimum absolute atomic E-state index is 0.129. The molecule has 1 amide bonds. The summed E-state index contributed by atoms with van der Waals surface area (Å²) in [7, 11) is 0. The summed E-state index contributed by atoms with van der Waals surface area (Å²) < 4.78 is 0. The molecule has 0 bridgehead atoms. The number of nitrogens with one attached hydrogen (secondary N) is 1. The molecule has 0 aromatic heterocycles. The lowest BCUT2D eigenvalue weighted by Crippen LogP contribution is -2.26. The second-order valence-electron chi connectivity index (χ2n) is 3.78. The van der Waals surface area contributed by atoms with Gasteiger partial charge in [-0.3, -0.25) is 14.9 Å². The lowest BCUT2D eigenvalue weighted by atomic mass is 10.1. The molecule has 0 saturated heterocycles. The van der Waals surface area contributed by atoms with Crippen LogP contribution in [0.5, 0.6) is 0 Å². The third kappa shape index (κ3) is 2.10. The van der Waals surface area contributed by atoms with Crippen molar-refractivity contribution >= 4 is 17.3 Å². The van der Waals surface area contributed by atoms with Gasteiger partial charge in [0, 0.05) is 23.9 Å². The molecule has 1 aromatic carbocycles. The molecule has 0 atom stereocenters. The number of hydrogen-bond donors (Lipinski definition) is 2. The van der Waals surface area contributed by atoms with Crippen LogP contribution in [-0.4, -0.2) is 16.9 Å². The van der Waals surface area contributed by atoms with Gasteiger partial charge in [0.1, 0.15) is 0 Å². The SMILES string of the molecule is Nc1ccc([N+](=O)[O-])cc1C(=O)NC1CC1. The zero-order valence-corrected chi connectivity index (χ0v) is 8.47. The Morgan fingerprint density at radius 3 is 2.75 bits per heavy atom. The maximum atomic E-state index is 11.7. The second kappa shape index (κ2) is 3.80. The van der Waals surface area contributed by atoms with E-state index in [4.69, 9.17) is 5.73 Å². The van der Waals surface area contributed by atoms with Gasteiger partial charge in [0.15, 0.2) is 0 Å². The van der Waals surface area contributed by atoms with Gasteiger partial charge in [0.05, 0.1) is 10.5 Å². The average molecular weight is 221 g/mol. The quantitative estimate of drug-likeness (QED) is 0.453. The van der Waals surface area contributed by atoms with Crippen LogP contribution in [0.1, 0.15) is 23.2 Å². The van der Waals surface area contributed by atoms with Crippen LogP contribution in [0.3, 0.4) is 0 Å². The summed E-state index contributed by atoms with van der Waals surface area (Å²) in [6.45, 7) is 0. The Labute approximate surface area is 91.6 Å². The fourth-order valence-corrected chi connectivity index (χ4v) is 1.35. The molecule has 1 aromatic rings. The van der Waals surface area contributed by atoms with Crippen molar-refractivity contribution in [3.63, 3.8) is 0 Å². The van der Waals surface area contributed by atoms with Gasteiger partial charge < -0.3 is 11.1 Å². The van der Waals surface area contributed by atoms with Crippen LogP contribution in [0.15, 0.2) is 18.2 Å². The van der Waals surface area contributed by atoms with Gasteiger partial charge in [-0.25, -0.2) is 0 Å². The van der Waals surface area contributed by atoms with Crippen molar-refractivity contribution in [2.75, 3.05) is 5.73 Å². The van der Waals surface area contributed by atoms with Crippen LogP contribution in [0.4, 0.5) is 11.4 Å². The van der Waals surface area contributed by atoms with Crippen molar-refractivity contribution in [3.8, 4) is 0 Å². The van der Waals surface area contributed by atoms with E-state index < -0.39 is 4.92 Å². The summed E-state index contributed by atoms with van der Waals surface area (Å²) in [4.78, 5) is 21.7. The van der Waals surface area contributed by atoms with E-state index in [-0.39, 0.29) is 28.9 Å². The number of benzene rings is 1. The number of hydrogen-bond acceptors (Lipinski definition) is 4. The molecule has 1 saturated carbocycles. The van der Waals surface area contributed by atoms with Crippen molar-refractivity contribution < 1.29 is 9.72 Å². The Hall–Kier alpha value is -2.11. The van der Waals surface area contributed by atoms with Crippen molar-refractivity contribution in [1.82, 2.24) is 5.32 Å². The molecule has 0 unspecified atom stereocenters. The number of nitro benzene ring substituents is 1. The molecule has 1 aliphatic carbocycles. The predicted molar refractivity (Wildman–Crippen MR) is 58.0 cm³/mol. The molecule has 1 aliphatic rings. The summed E-state index contributed by atoms with van der Waals surface area (Å²) in [5.41, 5.74) is 5.89. The van der Waals surface area contributed by atoms with Crippen LogP contribution >= 0.6 is 0 Å². The fraction of sp³-hybridized carbons (Fsp3) is 0.300. The highest BCUT2D eigenvalue weighted by atomic mass is 16.6. The Balaban J connectivity index is 2.26. The van der Waals surface area contributed by atoms with E-state index in [1.165, 1.54) is 18.2 Å². The van der Waals surface area contributed by atoms with Gasteiger partial charge in [-0.15, -0.1) is 0 Å². The van der Waals surface area contributed by atoms with Gasteiger partial charge in [0.2, 0.25) is 0 Å². The molecule has 16 heavy (non-hydrogen) atoms. The zero-order valence-electron chi connectivity index (χ0n) is 8.47. The highest BCUT2D eigenvalue weighted by molar-refractivity contribution is 6.00. The molecular formula is C10H11N3O3. The Morgan fingerprint density at radius 2 is 2.19 bits per heavy atom. The van der Waals surface area contributed by atoms with E-state index in [1.807, 2.05) is 0 Å². The van der Waals surface area contributed by atoms with E-state index in [9.17, 15) is 14.9 Å². The highest BCUT2D eigenvalue weighted by Gasteiger charge is 2.25. The number of carbonyl (C=O) groups is 1. The van der Waals surface area contributed by atoms with Crippen LogP contribution in [0, 0.1) is 10.1 Å². The highest BCUT2D eigenvalue weighted by Crippen LogP contribution is 2.23. The van der Waals surface area contributed by atoms with Crippen molar-refractivity contribution in [2.24, 2.45) is 0 Å². The minimum atomic E-state index is -0.548. The molecule has 0 radical (unpaired) electrons. The molecule has 0 aliphatic heterocycles. The summed E-state index contributed by atoms with van der Waals surface area (Å²) in [5.74, 6) is -0.344. The lowest BCUT2D eigenvalue weighted by molar-refractivity contribution is -0.384. The van der Waals surface area contributed by atoms with Gasteiger partial charge in [0.25, 0.3) is 11.6 Å². The number of carbonyl (C=O) groups excluding carboxylic acids is 1. The smallest absolute Gasteiger partial charge is 0.270 e. The van der Waals surface area contributed by atoms with Crippen LogP contribution in [-0.2, 0) is 0 Å². The molecule has 3 N–H and O–H groups in total. The molecule has 2 rings (SSSR count). The number of nitro groups is 1. The number of rotatable bonds is 3. The maximum Gasteiger partial charge on any atom is 0.270 e. The van der Waals surface area contributed by atoms with Gasteiger partial charge >= 0.3 is 0 Å². The molecule has 6 heteroatoms. The van der Waals surface area contributed by atoms with Gasteiger partial charge in [-0.2, -0.15) is 0 Å². The first-order chi connectivity index (χ1) is 7.58. The largest absolute Gasteiger partial charge is 0.398 e. The first kappa shape index (κ1) is 10.4. The number of anilines is 1. The molecular weight excluding hydrogens is 210 g/mol. The standard InChI is InChI=1S/C10H11N3O3/c11-9-4-3-7(13(15)16)5-8(9)10(14)12-6-1-2-6/h3-6H,1-2,11H2,(H,12,14). The van der Waals surface area contributed by atoms with Crippen molar-refractivity contribution in [1.29, 1.82) is 0 Å². The first-order valence-electron chi connectivity index (χ1n) is 4.92. The topological polar surface area (TPSA) is 98.3 Å². The number of nitrogens with zero attached hydrogens (tertiary/aromatic N) is 1. The van der Waals surface area contributed by atoms with Crippen LogP contribution < -0.4 is 11.1 Å². The molecule has 84 valence electrons. The van der Waals surface area contributed by atoms with Crippen molar-refractivity contribution in [3.05, 3.63) is 33.9 Å². The Bertz CT molecular complexity index is 455. The summed E-state index contributed by atoms with van der Waals surface area (Å²) in [6, 6.07) is 4.06. The van der Waals surface area contributed by atoms with Gasteiger partial charge in [-0.05, 0) is 18.9 Å². The van der Waals surface area contributed by atoms with E-state index in [2.05, 4.69) is 5.32 Å². The normalized spacial score (nSPS) is 14.5. The van der Waals surface area contributed by atoms with Crippen molar-refractivity contribution in [2.45, 2.75) is 18.9 Å². The molecule has 0 heterocycles. The summed E-state index contributed by atoms with van der Waals surface area (Å²) >= 11 is 0. The van der Waals surface area contributed by atoms with Gasteiger partial charge in [-0.1, -0.05) is 0 Å². The number of nitrogens with two attached hydrogens (primary N) is 1. The summed E-state index contributed by atoms with van der Waals surface area (Å²) in [6.07, 6.45) is 1.92. The number of nitrogen functional groups attached to an aromatic ring is 1. The van der Waals surface area contributed by atoms with Crippen LogP contribution in [0.2, 0.25) is 0 Å². The number of amides is 1. The second-order valence-corrected chi connectivity index (χ2v) is 3.78.